The van der Waals surface area contributed by atoms with Gasteiger partial charge in [-0.25, -0.2) is 0 Å². The highest BCUT2D eigenvalue weighted by atomic mass is 16.5. The number of nitrogens with two attached hydrogens (primary N) is 1. The maximum atomic E-state index is 12.5. The monoisotopic (exact) mass is 356 g/mol. The summed E-state index contributed by atoms with van der Waals surface area (Å²) in [5.41, 5.74) is 8.39. The average Bonchev–Trinajstić information content (AvgIpc) is 3.03. The van der Waals surface area contributed by atoms with E-state index in [1.54, 1.807) is 19.1 Å². The Morgan fingerprint density at radius 1 is 1.12 bits per heavy atom. The van der Waals surface area contributed by atoms with Crippen molar-refractivity contribution in [1.82, 2.24) is 0 Å². The predicted octanol–water partition coefficient (Wildman–Crippen LogP) is 2.82. The third-order valence-electron chi connectivity index (χ3n) is 4.51. The standard InChI is InChI=1S/C20H24N2O4/c1-24-8-9-26-19-10-14(6-7-18(19)25-2)15-11-20(23)22(13-15)17-5-3-4-16(21)12-17/h3-7,10,12,15H,8-9,11,13,21H2,1-2H3. The van der Waals surface area contributed by atoms with Gasteiger partial charge < -0.3 is 24.8 Å². The quantitative estimate of drug-likeness (QED) is 0.610. The number of hydrogen-bond acceptors (Lipinski definition) is 5. The lowest BCUT2D eigenvalue weighted by Gasteiger charge is -2.18. The molecule has 2 N–H and O–H groups in total. The van der Waals surface area contributed by atoms with Gasteiger partial charge in [0.05, 0.1) is 13.7 Å². The Hall–Kier alpha value is -2.73. The number of nitrogen functional groups attached to an aromatic ring is 1. The van der Waals surface area contributed by atoms with Crippen molar-refractivity contribution in [3.8, 4) is 11.5 Å². The van der Waals surface area contributed by atoms with E-state index in [9.17, 15) is 4.79 Å². The molecule has 0 radical (unpaired) electrons. The highest BCUT2D eigenvalue weighted by Gasteiger charge is 2.32. The van der Waals surface area contributed by atoms with Crippen LogP contribution in [0.5, 0.6) is 11.5 Å². The van der Waals surface area contributed by atoms with E-state index in [4.69, 9.17) is 19.9 Å². The molecule has 1 aliphatic heterocycles. The lowest BCUT2D eigenvalue weighted by molar-refractivity contribution is -0.117. The van der Waals surface area contributed by atoms with E-state index in [0.29, 0.717) is 43.4 Å². The topological polar surface area (TPSA) is 74.0 Å². The van der Waals surface area contributed by atoms with Gasteiger partial charge in [0.2, 0.25) is 5.91 Å². The summed E-state index contributed by atoms with van der Waals surface area (Å²) < 4.78 is 16.1. The SMILES string of the molecule is COCCOc1cc(C2CC(=O)N(c3cccc(N)c3)C2)ccc1OC. The largest absolute Gasteiger partial charge is 0.493 e. The van der Waals surface area contributed by atoms with E-state index < -0.39 is 0 Å². The molecule has 0 aliphatic carbocycles. The van der Waals surface area contributed by atoms with Crippen LogP contribution in [0.2, 0.25) is 0 Å². The smallest absolute Gasteiger partial charge is 0.227 e. The second-order valence-electron chi connectivity index (χ2n) is 6.25. The van der Waals surface area contributed by atoms with Crippen LogP contribution in [0.4, 0.5) is 11.4 Å². The molecule has 1 saturated heterocycles. The number of carbonyl (C=O) groups is 1. The number of anilines is 2. The number of nitrogens with zero attached hydrogens (tertiary/aromatic N) is 1. The molecule has 138 valence electrons. The molecule has 1 fully saturated rings. The molecule has 6 heteroatoms. The van der Waals surface area contributed by atoms with Crippen molar-refractivity contribution in [3.63, 3.8) is 0 Å². The maximum absolute atomic E-state index is 12.5. The summed E-state index contributed by atoms with van der Waals surface area (Å²) >= 11 is 0. The number of rotatable bonds is 7. The van der Waals surface area contributed by atoms with Gasteiger partial charge in [0.1, 0.15) is 6.61 Å². The Kier molecular flexibility index (Phi) is 5.63. The Balaban J connectivity index is 1.79. The molecule has 1 amide bonds. The van der Waals surface area contributed by atoms with Crippen molar-refractivity contribution in [1.29, 1.82) is 0 Å². The van der Waals surface area contributed by atoms with Gasteiger partial charge in [0, 0.05) is 37.4 Å². The fraction of sp³-hybridized carbons (Fsp3) is 0.350. The summed E-state index contributed by atoms with van der Waals surface area (Å²) in [5.74, 6) is 1.52. The molecule has 1 unspecified atom stereocenters. The van der Waals surface area contributed by atoms with Crippen LogP contribution >= 0.6 is 0 Å². The van der Waals surface area contributed by atoms with Crippen LogP contribution in [0.25, 0.3) is 0 Å². The lowest BCUT2D eigenvalue weighted by atomic mass is 9.98. The van der Waals surface area contributed by atoms with Crippen molar-refractivity contribution in [3.05, 3.63) is 48.0 Å². The van der Waals surface area contributed by atoms with Gasteiger partial charge in [-0.2, -0.15) is 0 Å². The van der Waals surface area contributed by atoms with E-state index in [2.05, 4.69) is 0 Å². The first-order valence-corrected chi connectivity index (χ1v) is 8.58. The van der Waals surface area contributed by atoms with E-state index in [-0.39, 0.29) is 11.8 Å². The zero-order valence-corrected chi connectivity index (χ0v) is 15.1. The van der Waals surface area contributed by atoms with Crippen LogP contribution in [-0.2, 0) is 9.53 Å². The number of hydrogen-bond donors (Lipinski definition) is 1. The zero-order valence-electron chi connectivity index (χ0n) is 15.1. The zero-order chi connectivity index (χ0) is 18.5. The molecular formula is C20H24N2O4. The van der Waals surface area contributed by atoms with E-state index in [0.717, 1.165) is 11.3 Å². The predicted molar refractivity (Wildman–Crippen MR) is 101 cm³/mol. The van der Waals surface area contributed by atoms with E-state index in [1.807, 2.05) is 42.5 Å². The van der Waals surface area contributed by atoms with Gasteiger partial charge in [-0.05, 0) is 35.9 Å². The van der Waals surface area contributed by atoms with Gasteiger partial charge in [-0.3, -0.25) is 4.79 Å². The number of amides is 1. The second-order valence-corrected chi connectivity index (χ2v) is 6.25. The first-order chi connectivity index (χ1) is 12.6. The fourth-order valence-electron chi connectivity index (χ4n) is 3.17. The van der Waals surface area contributed by atoms with Crippen LogP contribution < -0.4 is 20.1 Å². The molecule has 3 rings (SSSR count). The molecule has 1 heterocycles. The van der Waals surface area contributed by atoms with Crippen LogP contribution in [0.1, 0.15) is 17.9 Å². The van der Waals surface area contributed by atoms with Gasteiger partial charge >= 0.3 is 0 Å². The second kappa shape index (κ2) is 8.10. The highest BCUT2D eigenvalue weighted by Crippen LogP contribution is 2.36. The Labute approximate surface area is 153 Å². The molecule has 1 atom stereocenters. The molecule has 1 aliphatic rings. The Bertz CT molecular complexity index is 778. The summed E-state index contributed by atoms with van der Waals surface area (Å²) in [6, 6.07) is 13.2. The van der Waals surface area contributed by atoms with E-state index >= 15 is 0 Å². The lowest BCUT2D eigenvalue weighted by Crippen LogP contribution is -2.24. The fourth-order valence-corrected chi connectivity index (χ4v) is 3.17. The molecule has 0 bridgehead atoms. The van der Waals surface area contributed by atoms with Crippen LogP contribution in [-0.4, -0.2) is 39.9 Å². The van der Waals surface area contributed by atoms with Crippen LogP contribution in [0, 0.1) is 0 Å². The highest BCUT2D eigenvalue weighted by molar-refractivity contribution is 5.96. The van der Waals surface area contributed by atoms with E-state index in [1.165, 1.54) is 0 Å². The molecule has 0 saturated carbocycles. The Morgan fingerprint density at radius 3 is 2.69 bits per heavy atom. The minimum atomic E-state index is 0.0956. The summed E-state index contributed by atoms with van der Waals surface area (Å²) in [6.07, 6.45) is 0.457. The third kappa shape index (κ3) is 3.91. The molecule has 0 spiro atoms. The number of ether oxygens (including phenoxy) is 3. The van der Waals surface area contributed by atoms with Crippen molar-refractivity contribution < 1.29 is 19.0 Å². The summed E-state index contributed by atoms with van der Waals surface area (Å²) in [6.45, 7) is 1.56. The molecular weight excluding hydrogens is 332 g/mol. The van der Waals surface area contributed by atoms with Gasteiger partial charge in [-0.1, -0.05) is 12.1 Å². The summed E-state index contributed by atoms with van der Waals surface area (Å²) in [7, 11) is 3.24. The minimum absolute atomic E-state index is 0.0956. The Morgan fingerprint density at radius 2 is 1.96 bits per heavy atom. The number of methoxy groups -OCH3 is 2. The third-order valence-corrected chi connectivity index (χ3v) is 4.51. The molecule has 26 heavy (non-hydrogen) atoms. The van der Waals surface area contributed by atoms with Gasteiger partial charge in [0.25, 0.3) is 0 Å². The first-order valence-electron chi connectivity index (χ1n) is 8.58. The number of benzene rings is 2. The minimum Gasteiger partial charge on any atom is -0.493 e. The van der Waals surface area contributed by atoms with Crippen molar-refractivity contribution in [2.24, 2.45) is 0 Å². The van der Waals surface area contributed by atoms with Crippen LogP contribution in [0.15, 0.2) is 42.5 Å². The molecule has 2 aromatic rings. The number of carbonyl (C=O) groups excluding carboxylic acids is 1. The van der Waals surface area contributed by atoms with Crippen molar-refractivity contribution in [2.75, 3.05) is 44.6 Å². The maximum Gasteiger partial charge on any atom is 0.227 e. The van der Waals surface area contributed by atoms with Crippen molar-refractivity contribution in [2.45, 2.75) is 12.3 Å². The normalized spacial score (nSPS) is 16.8. The van der Waals surface area contributed by atoms with Crippen LogP contribution in [0.3, 0.4) is 0 Å². The van der Waals surface area contributed by atoms with Gasteiger partial charge in [-0.15, -0.1) is 0 Å². The van der Waals surface area contributed by atoms with Crippen molar-refractivity contribution >= 4 is 17.3 Å². The average molecular weight is 356 g/mol. The van der Waals surface area contributed by atoms with Gasteiger partial charge in [0.15, 0.2) is 11.5 Å². The molecule has 0 aromatic heterocycles. The molecule has 2 aromatic carbocycles. The summed E-state index contributed by atoms with van der Waals surface area (Å²) in [4.78, 5) is 14.3. The molecule has 6 nitrogen and oxygen atoms in total. The summed E-state index contributed by atoms with van der Waals surface area (Å²) in [5, 5.41) is 0. The first kappa shape index (κ1) is 18.1.